The van der Waals surface area contributed by atoms with Crippen molar-refractivity contribution in [1.82, 2.24) is 15.0 Å². The maximum atomic E-state index is 14.4. The normalized spacial score (nSPS) is 10.9. The summed E-state index contributed by atoms with van der Waals surface area (Å²) in [4.78, 5) is 0. The zero-order chi connectivity index (χ0) is 18.3. The van der Waals surface area contributed by atoms with Gasteiger partial charge in [-0.2, -0.15) is 0 Å². The highest BCUT2D eigenvalue weighted by molar-refractivity contribution is 14.1. The van der Waals surface area contributed by atoms with Crippen LogP contribution in [0.4, 0.5) is 30.2 Å². The van der Waals surface area contributed by atoms with Gasteiger partial charge >= 0.3 is 0 Å². The lowest BCUT2D eigenvalue weighted by Gasteiger charge is -2.16. The molecule has 0 amide bonds. The molecule has 0 saturated heterocycles. The van der Waals surface area contributed by atoms with Gasteiger partial charge in [0.05, 0.1) is 17.1 Å². The number of aromatic nitrogens is 3. The van der Waals surface area contributed by atoms with E-state index < -0.39 is 29.0 Å². The first-order chi connectivity index (χ1) is 11.8. The molecule has 4 N–H and O–H groups in total. The Kier molecular flexibility index (Phi) is 4.45. The van der Waals surface area contributed by atoms with Crippen molar-refractivity contribution in [1.29, 1.82) is 0 Å². The second-order valence-corrected chi connectivity index (χ2v) is 6.40. The van der Waals surface area contributed by atoms with Gasteiger partial charge in [-0.25, -0.2) is 17.9 Å². The molecule has 1 heterocycles. The number of benzene rings is 2. The smallest absolute Gasteiger partial charge is 0.259 e. The Bertz CT molecular complexity index is 957. The van der Waals surface area contributed by atoms with Gasteiger partial charge in [0.25, 0.3) is 5.88 Å². The largest absolute Gasteiger partial charge is 0.491 e. The summed E-state index contributed by atoms with van der Waals surface area (Å²) in [5, 5.41) is 19.5. The number of hydrogen-bond donors (Lipinski definition) is 3. The summed E-state index contributed by atoms with van der Waals surface area (Å²) in [6, 6.07) is 5.66. The Balaban J connectivity index is 2.23. The monoisotopic (exact) mass is 461 g/mol. The van der Waals surface area contributed by atoms with Gasteiger partial charge in [-0.05, 0) is 46.9 Å². The van der Waals surface area contributed by atoms with Crippen LogP contribution in [-0.4, -0.2) is 20.1 Å². The summed E-state index contributed by atoms with van der Waals surface area (Å²) in [5.41, 5.74) is 5.83. The van der Waals surface area contributed by atoms with Crippen LogP contribution >= 0.6 is 22.6 Å². The predicted octanol–water partition coefficient (Wildman–Crippen LogP) is 3.54. The first-order valence-electron chi connectivity index (χ1n) is 6.88. The summed E-state index contributed by atoms with van der Waals surface area (Å²) in [6.07, 6.45) is 0. The van der Waals surface area contributed by atoms with Gasteiger partial charge in [-0.15, -0.1) is 0 Å². The minimum absolute atomic E-state index is 0.0793. The van der Waals surface area contributed by atoms with Gasteiger partial charge < -0.3 is 16.2 Å². The van der Waals surface area contributed by atoms with Crippen LogP contribution in [0.3, 0.4) is 0 Å². The van der Waals surface area contributed by atoms with Crippen molar-refractivity contribution in [2.24, 2.45) is 7.05 Å². The standard InChI is InChI=1S/C15H11F3IN5O/c1-24-14(15(25)22-23-24)7-5-8(16)11(17)12(18)13(7)21-10-3-2-6(19)4-9(10)20/h2-5,21,25H,20H2,1H3. The predicted molar refractivity (Wildman–Crippen MR) is 94.8 cm³/mol. The van der Waals surface area contributed by atoms with Crippen LogP contribution in [0.2, 0.25) is 0 Å². The summed E-state index contributed by atoms with van der Waals surface area (Å²) >= 11 is 2.05. The second-order valence-electron chi connectivity index (χ2n) is 5.15. The molecule has 0 aliphatic rings. The third-order valence-corrected chi connectivity index (χ3v) is 4.17. The third kappa shape index (κ3) is 3.08. The fraction of sp³-hybridized carbons (Fsp3) is 0.0667. The average Bonchev–Trinajstić information content (AvgIpc) is 2.88. The number of rotatable bonds is 3. The molecule has 130 valence electrons. The molecule has 0 aliphatic carbocycles. The van der Waals surface area contributed by atoms with Crippen LogP contribution < -0.4 is 11.1 Å². The van der Waals surface area contributed by atoms with Crippen LogP contribution in [0, 0.1) is 21.0 Å². The van der Waals surface area contributed by atoms with Crippen molar-refractivity contribution in [3.8, 4) is 17.1 Å². The molecular formula is C15H11F3IN5O. The Morgan fingerprint density at radius 3 is 2.52 bits per heavy atom. The van der Waals surface area contributed by atoms with E-state index in [1.165, 1.54) is 7.05 Å². The Morgan fingerprint density at radius 2 is 1.92 bits per heavy atom. The highest BCUT2D eigenvalue weighted by Crippen LogP contribution is 2.39. The number of hydrogen-bond acceptors (Lipinski definition) is 5. The number of nitrogens with two attached hydrogens (primary N) is 1. The summed E-state index contributed by atoms with van der Waals surface area (Å²) in [5.74, 6) is -5.06. The first kappa shape index (κ1) is 17.3. The topological polar surface area (TPSA) is 89.0 Å². The Hall–Kier alpha value is -2.50. The van der Waals surface area contributed by atoms with Crippen molar-refractivity contribution in [2.45, 2.75) is 0 Å². The molecule has 0 spiro atoms. The zero-order valence-electron chi connectivity index (χ0n) is 12.7. The average molecular weight is 461 g/mol. The lowest BCUT2D eigenvalue weighted by molar-refractivity contribution is 0.448. The zero-order valence-corrected chi connectivity index (χ0v) is 14.8. The summed E-state index contributed by atoms with van der Waals surface area (Å²) in [7, 11) is 1.42. The van der Waals surface area contributed by atoms with E-state index in [2.05, 4.69) is 15.6 Å². The fourth-order valence-electron chi connectivity index (χ4n) is 2.33. The number of anilines is 3. The van der Waals surface area contributed by atoms with E-state index in [9.17, 15) is 18.3 Å². The van der Waals surface area contributed by atoms with Gasteiger partial charge in [-0.3, -0.25) is 0 Å². The van der Waals surface area contributed by atoms with Crippen LogP contribution in [-0.2, 0) is 7.05 Å². The highest BCUT2D eigenvalue weighted by Gasteiger charge is 2.24. The lowest BCUT2D eigenvalue weighted by Crippen LogP contribution is -2.06. The SMILES string of the molecule is Cn1nnc(O)c1-c1cc(F)c(F)c(F)c1Nc1ccc(I)cc1N. The second kappa shape index (κ2) is 6.43. The van der Waals surface area contributed by atoms with E-state index in [0.29, 0.717) is 5.69 Å². The van der Waals surface area contributed by atoms with Gasteiger partial charge in [0.1, 0.15) is 5.69 Å². The van der Waals surface area contributed by atoms with Crippen molar-refractivity contribution in [2.75, 3.05) is 11.1 Å². The minimum atomic E-state index is -1.65. The Morgan fingerprint density at radius 1 is 1.20 bits per heavy atom. The fourth-order valence-corrected chi connectivity index (χ4v) is 2.84. The van der Waals surface area contributed by atoms with E-state index in [0.717, 1.165) is 14.3 Å². The molecule has 0 aliphatic heterocycles. The molecular weight excluding hydrogens is 450 g/mol. The van der Waals surface area contributed by atoms with E-state index >= 15 is 0 Å². The molecule has 10 heteroatoms. The van der Waals surface area contributed by atoms with Crippen LogP contribution in [0.5, 0.6) is 5.88 Å². The van der Waals surface area contributed by atoms with E-state index in [1.807, 2.05) is 22.6 Å². The van der Waals surface area contributed by atoms with Gasteiger partial charge in [0, 0.05) is 16.2 Å². The van der Waals surface area contributed by atoms with Crippen molar-refractivity contribution >= 4 is 39.7 Å². The summed E-state index contributed by atoms with van der Waals surface area (Å²) in [6.45, 7) is 0. The third-order valence-electron chi connectivity index (χ3n) is 3.50. The molecule has 1 aromatic heterocycles. The minimum Gasteiger partial charge on any atom is -0.491 e. The maximum absolute atomic E-state index is 14.4. The number of aromatic hydroxyl groups is 1. The number of nitrogen functional groups attached to an aromatic ring is 1. The molecule has 0 saturated carbocycles. The molecule has 3 rings (SSSR count). The van der Waals surface area contributed by atoms with Gasteiger partial charge in [0.15, 0.2) is 17.5 Å². The molecule has 0 bridgehead atoms. The highest BCUT2D eigenvalue weighted by atomic mass is 127. The molecule has 6 nitrogen and oxygen atoms in total. The van der Waals surface area contributed by atoms with Crippen LogP contribution in [0.15, 0.2) is 24.3 Å². The molecule has 0 fully saturated rings. The maximum Gasteiger partial charge on any atom is 0.259 e. The Labute approximate surface area is 153 Å². The summed E-state index contributed by atoms with van der Waals surface area (Å²) < 4.78 is 43.9. The number of nitrogens with zero attached hydrogens (tertiary/aromatic N) is 3. The molecule has 3 aromatic rings. The van der Waals surface area contributed by atoms with Gasteiger partial charge in [-0.1, -0.05) is 10.3 Å². The van der Waals surface area contributed by atoms with Crippen LogP contribution in [0.25, 0.3) is 11.3 Å². The van der Waals surface area contributed by atoms with E-state index in [1.54, 1.807) is 18.2 Å². The number of nitrogens with one attached hydrogen (secondary N) is 1. The molecule has 2 aromatic carbocycles. The lowest BCUT2D eigenvalue weighted by atomic mass is 10.1. The molecule has 0 atom stereocenters. The number of aryl methyl sites for hydroxylation is 1. The van der Waals surface area contributed by atoms with E-state index in [4.69, 9.17) is 5.73 Å². The van der Waals surface area contributed by atoms with Crippen LogP contribution in [0.1, 0.15) is 0 Å². The number of halogens is 4. The van der Waals surface area contributed by atoms with Crippen molar-refractivity contribution in [3.63, 3.8) is 0 Å². The molecule has 25 heavy (non-hydrogen) atoms. The molecule has 0 radical (unpaired) electrons. The van der Waals surface area contributed by atoms with Gasteiger partial charge in [0.2, 0.25) is 0 Å². The van der Waals surface area contributed by atoms with Crippen molar-refractivity contribution in [3.05, 3.63) is 45.3 Å². The van der Waals surface area contributed by atoms with Crippen molar-refractivity contribution < 1.29 is 18.3 Å². The quantitative estimate of drug-likeness (QED) is 0.316. The molecule has 0 unspecified atom stereocenters. The van der Waals surface area contributed by atoms with E-state index in [-0.39, 0.29) is 16.9 Å². The first-order valence-corrected chi connectivity index (χ1v) is 7.96.